The van der Waals surface area contributed by atoms with E-state index >= 15 is 0 Å². The molecule has 1 saturated heterocycles. The number of hydrogen-bond donors (Lipinski definition) is 0. The Morgan fingerprint density at radius 2 is 1.97 bits per heavy atom. The second-order valence-electron chi connectivity index (χ2n) is 7.92. The third-order valence-corrected chi connectivity index (χ3v) is 4.64. The minimum atomic E-state index is -4.77. The van der Waals surface area contributed by atoms with E-state index in [1.807, 2.05) is 20.8 Å². The number of ketones is 1. The first-order valence-electron chi connectivity index (χ1n) is 8.91. The predicted octanol–water partition coefficient (Wildman–Crippen LogP) is 3.83. The average molecular weight is 413 g/mol. The molecule has 0 spiro atoms. The molecule has 0 radical (unpaired) electrons. The summed E-state index contributed by atoms with van der Waals surface area (Å²) >= 11 is 0. The number of halogens is 4. The molecule has 1 aliphatic rings. The number of amides is 1. The van der Waals surface area contributed by atoms with Gasteiger partial charge in [-0.1, -0.05) is 25.9 Å². The van der Waals surface area contributed by atoms with Crippen LogP contribution in [0.3, 0.4) is 0 Å². The summed E-state index contributed by atoms with van der Waals surface area (Å²) in [4.78, 5) is 29.3. The largest absolute Gasteiger partial charge is 0.417 e. The average Bonchev–Trinajstić information content (AvgIpc) is 3.20. The first kappa shape index (κ1) is 20.9. The van der Waals surface area contributed by atoms with E-state index in [2.05, 4.69) is 10.1 Å². The number of alkyl halides is 3. The van der Waals surface area contributed by atoms with Gasteiger partial charge in [-0.05, 0) is 12.5 Å². The Labute approximate surface area is 163 Å². The van der Waals surface area contributed by atoms with Crippen LogP contribution >= 0.6 is 0 Å². The van der Waals surface area contributed by atoms with Crippen molar-refractivity contribution in [1.82, 2.24) is 10.1 Å². The highest BCUT2D eigenvalue weighted by atomic mass is 19.4. The lowest BCUT2D eigenvalue weighted by atomic mass is 9.92. The van der Waals surface area contributed by atoms with Gasteiger partial charge in [-0.3, -0.25) is 14.5 Å². The molecule has 0 aliphatic carbocycles. The number of anilines is 1. The van der Waals surface area contributed by atoms with Gasteiger partial charge in [0.05, 0.1) is 23.7 Å². The molecular formula is C19H19F4N3O3. The van der Waals surface area contributed by atoms with Crippen LogP contribution in [0.4, 0.5) is 23.4 Å². The van der Waals surface area contributed by atoms with Crippen LogP contribution in [-0.2, 0) is 27.6 Å². The van der Waals surface area contributed by atoms with Crippen LogP contribution in [0, 0.1) is 5.82 Å². The second-order valence-corrected chi connectivity index (χ2v) is 7.92. The van der Waals surface area contributed by atoms with E-state index in [0.717, 1.165) is 4.90 Å². The molecule has 1 atom stereocenters. The molecule has 10 heteroatoms. The fraction of sp³-hybridized carbons (Fsp3) is 0.474. The molecule has 2 aromatic rings. The fourth-order valence-electron chi connectivity index (χ4n) is 3.06. The van der Waals surface area contributed by atoms with Crippen molar-refractivity contribution in [2.24, 2.45) is 0 Å². The van der Waals surface area contributed by atoms with Crippen molar-refractivity contribution in [2.45, 2.75) is 57.7 Å². The number of nitrogens with zero attached hydrogens (tertiary/aromatic N) is 3. The van der Waals surface area contributed by atoms with Gasteiger partial charge < -0.3 is 4.52 Å². The Kier molecular flexibility index (Phi) is 5.22. The molecule has 6 nitrogen and oxygen atoms in total. The zero-order chi connectivity index (χ0) is 21.6. The van der Waals surface area contributed by atoms with Gasteiger partial charge in [0.1, 0.15) is 5.76 Å². The van der Waals surface area contributed by atoms with Crippen molar-refractivity contribution < 1.29 is 31.7 Å². The van der Waals surface area contributed by atoms with Gasteiger partial charge in [-0.25, -0.2) is 9.37 Å². The summed E-state index contributed by atoms with van der Waals surface area (Å²) in [6.45, 7) is 5.77. The van der Waals surface area contributed by atoms with Gasteiger partial charge in [0.15, 0.2) is 17.4 Å². The molecule has 156 valence electrons. The first-order valence-corrected chi connectivity index (χ1v) is 8.91. The lowest BCUT2D eigenvalue weighted by molar-refractivity contribution is -0.138. The molecule has 1 aliphatic heterocycles. The van der Waals surface area contributed by atoms with Gasteiger partial charge in [0.2, 0.25) is 5.91 Å². The van der Waals surface area contributed by atoms with Gasteiger partial charge in [-0.2, -0.15) is 13.2 Å². The molecule has 0 unspecified atom stereocenters. The Hall–Kier alpha value is -2.78. The van der Waals surface area contributed by atoms with Crippen LogP contribution < -0.4 is 4.90 Å². The topological polar surface area (TPSA) is 76.3 Å². The number of carbonyl (C=O) groups is 2. The molecule has 0 N–H and O–H groups in total. The Morgan fingerprint density at radius 1 is 1.28 bits per heavy atom. The Morgan fingerprint density at radius 3 is 2.52 bits per heavy atom. The molecule has 2 aromatic heterocycles. The predicted molar refractivity (Wildman–Crippen MR) is 93.6 cm³/mol. The lowest BCUT2D eigenvalue weighted by Crippen LogP contribution is -2.40. The van der Waals surface area contributed by atoms with Gasteiger partial charge in [0, 0.05) is 24.1 Å². The molecule has 3 rings (SSSR count). The minimum Gasteiger partial charge on any atom is -0.361 e. The van der Waals surface area contributed by atoms with E-state index < -0.39 is 41.1 Å². The highest BCUT2D eigenvalue weighted by Gasteiger charge is 2.40. The second kappa shape index (κ2) is 7.23. The van der Waals surface area contributed by atoms with Crippen LogP contribution in [0.5, 0.6) is 0 Å². The van der Waals surface area contributed by atoms with Crippen molar-refractivity contribution in [3.63, 3.8) is 0 Å². The van der Waals surface area contributed by atoms with E-state index in [1.165, 1.54) is 0 Å². The SMILES string of the molecule is CC(C)(C)c1cc(CC(=O)[C@@H]2CCC(=O)N2c2ncc(C(F)(F)F)cc2F)on1. The third-order valence-electron chi connectivity index (χ3n) is 4.64. The summed E-state index contributed by atoms with van der Waals surface area (Å²) in [5, 5.41) is 3.92. The molecule has 29 heavy (non-hydrogen) atoms. The Balaban J connectivity index is 1.83. The maximum Gasteiger partial charge on any atom is 0.417 e. The van der Waals surface area contributed by atoms with Crippen LogP contribution in [0.25, 0.3) is 0 Å². The van der Waals surface area contributed by atoms with Crippen molar-refractivity contribution >= 4 is 17.5 Å². The highest BCUT2D eigenvalue weighted by Crippen LogP contribution is 2.33. The van der Waals surface area contributed by atoms with Crippen molar-refractivity contribution in [1.29, 1.82) is 0 Å². The maximum atomic E-state index is 14.3. The number of Topliss-reactive ketones (excluding diaryl/α,β-unsaturated/α-hetero) is 1. The van der Waals surface area contributed by atoms with Crippen molar-refractivity contribution in [3.05, 3.63) is 41.2 Å². The van der Waals surface area contributed by atoms with E-state index in [1.54, 1.807) is 6.07 Å². The fourth-order valence-corrected chi connectivity index (χ4v) is 3.06. The van der Waals surface area contributed by atoms with E-state index in [-0.39, 0.29) is 30.7 Å². The van der Waals surface area contributed by atoms with Crippen molar-refractivity contribution in [2.75, 3.05) is 4.90 Å². The lowest BCUT2D eigenvalue weighted by Gasteiger charge is -2.23. The summed E-state index contributed by atoms with van der Waals surface area (Å²) in [6.07, 6.45) is -4.44. The quantitative estimate of drug-likeness (QED) is 0.712. The smallest absolute Gasteiger partial charge is 0.361 e. The molecule has 3 heterocycles. The number of rotatable bonds is 4. The van der Waals surface area contributed by atoms with E-state index in [4.69, 9.17) is 4.52 Å². The number of aromatic nitrogens is 2. The molecule has 0 aromatic carbocycles. The summed E-state index contributed by atoms with van der Waals surface area (Å²) in [7, 11) is 0. The zero-order valence-electron chi connectivity index (χ0n) is 16.0. The summed E-state index contributed by atoms with van der Waals surface area (Å²) < 4.78 is 57.7. The molecule has 0 bridgehead atoms. The van der Waals surface area contributed by atoms with Gasteiger partial charge in [-0.15, -0.1) is 0 Å². The van der Waals surface area contributed by atoms with Crippen LogP contribution in [0.15, 0.2) is 22.9 Å². The number of pyridine rings is 1. The summed E-state index contributed by atoms with van der Waals surface area (Å²) in [5.74, 6) is -2.63. The Bertz CT molecular complexity index is 947. The summed E-state index contributed by atoms with van der Waals surface area (Å²) in [6, 6.07) is 0.863. The normalized spacial score (nSPS) is 17.8. The van der Waals surface area contributed by atoms with E-state index in [9.17, 15) is 27.2 Å². The van der Waals surface area contributed by atoms with Crippen LogP contribution in [0.2, 0.25) is 0 Å². The molecule has 0 saturated carbocycles. The van der Waals surface area contributed by atoms with Gasteiger partial charge >= 0.3 is 6.18 Å². The zero-order valence-corrected chi connectivity index (χ0v) is 16.0. The maximum absolute atomic E-state index is 14.3. The molecule has 1 amide bonds. The third kappa shape index (κ3) is 4.30. The highest BCUT2D eigenvalue weighted by molar-refractivity contribution is 6.04. The van der Waals surface area contributed by atoms with Crippen LogP contribution in [0.1, 0.15) is 50.6 Å². The molecule has 1 fully saturated rings. The standard InChI is InChI=1S/C19H19F4N3O3/c1-18(2,3)15-8-11(29-25-15)7-14(27)13-4-5-16(28)26(13)17-12(20)6-10(9-24-17)19(21,22)23/h6,8-9,13H,4-5,7H2,1-3H3/t13-/m0/s1. The van der Waals surface area contributed by atoms with Crippen molar-refractivity contribution in [3.8, 4) is 0 Å². The first-order chi connectivity index (χ1) is 13.4. The van der Waals surface area contributed by atoms with Crippen LogP contribution in [-0.4, -0.2) is 27.9 Å². The molecular weight excluding hydrogens is 394 g/mol. The van der Waals surface area contributed by atoms with E-state index in [0.29, 0.717) is 17.7 Å². The number of carbonyl (C=O) groups excluding carboxylic acids is 2. The monoisotopic (exact) mass is 413 g/mol. The minimum absolute atomic E-state index is 0.0395. The number of hydrogen-bond acceptors (Lipinski definition) is 5. The van der Waals surface area contributed by atoms with Gasteiger partial charge in [0.25, 0.3) is 0 Å². The summed E-state index contributed by atoms with van der Waals surface area (Å²) in [5.41, 5.74) is -0.910.